The van der Waals surface area contributed by atoms with Gasteiger partial charge in [-0.2, -0.15) is 0 Å². The van der Waals surface area contributed by atoms with E-state index in [-0.39, 0.29) is 12.5 Å². The second-order valence-corrected chi connectivity index (χ2v) is 9.90. The molecular formula is C25H51N3O2. The Morgan fingerprint density at radius 1 is 0.900 bits per heavy atom. The van der Waals surface area contributed by atoms with Crippen LogP contribution in [-0.2, 0) is 9.47 Å². The first-order chi connectivity index (χ1) is 14.6. The van der Waals surface area contributed by atoms with Crippen molar-refractivity contribution in [3.63, 3.8) is 0 Å². The molecule has 2 N–H and O–H groups in total. The van der Waals surface area contributed by atoms with Crippen LogP contribution in [0.15, 0.2) is 0 Å². The molecule has 2 rings (SSSR count). The van der Waals surface area contributed by atoms with Crippen LogP contribution in [-0.4, -0.2) is 64.3 Å². The maximum atomic E-state index is 5.85. The number of unbranched alkanes of at least 4 members (excludes halogenated alkanes) is 1. The van der Waals surface area contributed by atoms with Crippen LogP contribution in [0.1, 0.15) is 90.4 Å². The Morgan fingerprint density at radius 2 is 1.63 bits per heavy atom. The third-order valence-electron chi connectivity index (χ3n) is 7.30. The van der Waals surface area contributed by atoms with E-state index in [9.17, 15) is 0 Å². The number of hydrogen-bond acceptors (Lipinski definition) is 5. The van der Waals surface area contributed by atoms with Gasteiger partial charge in [0.05, 0.1) is 0 Å². The molecule has 5 nitrogen and oxygen atoms in total. The minimum absolute atomic E-state index is 0.216. The van der Waals surface area contributed by atoms with Crippen molar-refractivity contribution in [3.05, 3.63) is 0 Å². The molecule has 0 aliphatic heterocycles. The van der Waals surface area contributed by atoms with Crippen LogP contribution in [0.25, 0.3) is 0 Å². The maximum Gasteiger partial charge on any atom is 0.108 e. The smallest absolute Gasteiger partial charge is 0.108 e. The molecule has 0 aromatic heterocycles. The monoisotopic (exact) mass is 425 g/mol. The van der Waals surface area contributed by atoms with Gasteiger partial charge in [0, 0.05) is 26.8 Å². The van der Waals surface area contributed by atoms with Crippen molar-refractivity contribution >= 4 is 0 Å². The summed E-state index contributed by atoms with van der Waals surface area (Å²) in [5, 5.41) is 7.26. The van der Waals surface area contributed by atoms with Crippen molar-refractivity contribution in [1.82, 2.24) is 15.5 Å². The first-order valence-electron chi connectivity index (χ1n) is 12.9. The molecule has 178 valence electrons. The number of hydrogen-bond donors (Lipinski definition) is 2. The van der Waals surface area contributed by atoms with Crippen LogP contribution < -0.4 is 10.6 Å². The normalized spacial score (nSPS) is 25.5. The molecule has 0 radical (unpaired) electrons. The molecule has 0 amide bonds. The van der Waals surface area contributed by atoms with Crippen LogP contribution in [0, 0.1) is 11.8 Å². The minimum atomic E-state index is 0.216. The van der Waals surface area contributed by atoms with Crippen molar-refractivity contribution in [2.45, 2.75) is 109 Å². The van der Waals surface area contributed by atoms with Crippen molar-refractivity contribution in [1.29, 1.82) is 0 Å². The molecule has 5 heteroatoms. The fourth-order valence-corrected chi connectivity index (χ4v) is 5.60. The molecular weight excluding hydrogens is 374 g/mol. The van der Waals surface area contributed by atoms with Gasteiger partial charge in [0.25, 0.3) is 0 Å². The first-order valence-corrected chi connectivity index (χ1v) is 12.9. The molecule has 30 heavy (non-hydrogen) atoms. The zero-order chi connectivity index (χ0) is 21.6. The highest BCUT2D eigenvalue weighted by Gasteiger charge is 2.26. The fraction of sp³-hybridized carbons (Fsp3) is 1.00. The van der Waals surface area contributed by atoms with Gasteiger partial charge >= 0.3 is 0 Å². The molecule has 4 atom stereocenters. The lowest BCUT2D eigenvalue weighted by molar-refractivity contribution is 0.0296. The highest BCUT2D eigenvalue weighted by Crippen LogP contribution is 2.29. The van der Waals surface area contributed by atoms with Crippen molar-refractivity contribution in [2.75, 3.05) is 40.9 Å². The summed E-state index contributed by atoms with van der Waals surface area (Å²) in [6, 6.07) is 0.633. The van der Waals surface area contributed by atoms with Crippen molar-refractivity contribution in [2.24, 2.45) is 11.8 Å². The van der Waals surface area contributed by atoms with E-state index in [0.29, 0.717) is 6.04 Å². The number of nitrogens with one attached hydrogen (secondary N) is 2. The molecule has 0 heterocycles. The summed E-state index contributed by atoms with van der Waals surface area (Å²) < 4.78 is 11.3. The minimum Gasteiger partial charge on any atom is -0.367 e. The largest absolute Gasteiger partial charge is 0.367 e. The van der Waals surface area contributed by atoms with Crippen LogP contribution in [0.5, 0.6) is 0 Å². The highest BCUT2D eigenvalue weighted by molar-refractivity contribution is 4.81. The Balaban J connectivity index is 1.63. The van der Waals surface area contributed by atoms with Gasteiger partial charge in [-0.05, 0) is 76.9 Å². The molecule has 0 saturated heterocycles. The average Bonchev–Trinajstić information content (AvgIpc) is 2.76. The van der Waals surface area contributed by atoms with Crippen LogP contribution in [0.4, 0.5) is 0 Å². The molecule has 2 aliphatic carbocycles. The summed E-state index contributed by atoms with van der Waals surface area (Å²) in [5.41, 5.74) is 0. The number of ether oxygens (including phenoxy) is 2. The third kappa shape index (κ3) is 10.4. The zero-order valence-corrected chi connectivity index (χ0v) is 20.5. The van der Waals surface area contributed by atoms with Gasteiger partial charge < -0.3 is 14.4 Å². The first kappa shape index (κ1) is 26.1. The van der Waals surface area contributed by atoms with Gasteiger partial charge in [0.2, 0.25) is 0 Å². The zero-order valence-electron chi connectivity index (χ0n) is 20.5. The Morgan fingerprint density at radius 3 is 2.33 bits per heavy atom. The van der Waals surface area contributed by atoms with E-state index in [0.717, 1.165) is 24.8 Å². The average molecular weight is 426 g/mol. The SMILES string of the molecule is CCNC(CCCCN(C)CC1CCCC(NC(CC2CCCCC2)OC)C1)OC. The predicted octanol–water partition coefficient (Wildman–Crippen LogP) is 4.76. The standard InChI is InChI=1S/C25H51N3O2/c1-5-26-24(29-3)16-9-10-17-28(2)20-22-14-11-15-23(18-22)27-25(30-4)19-21-12-7-6-8-13-21/h21-27H,5-20H2,1-4H3. The maximum absolute atomic E-state index is 5.85. The van der Waals surface area contributed by atoms with Crippen LogP contribution in [0.3, 0.4) is 0 Å². The third-order valence-corrected chi connectivity index (χ3v) is 7.30. The van der Waals surface area contributed by atoms with Gasteiger partial charge in [-0.1, -0.05) is 45.4 Å². The Bertz CT molecular complexity index is 417. The molecule has 4 unspecified atom stereocenters. The quantitative estimate of drug-likeness (QED) is 0.292. The van der Waals surface area contributed by atoms with Crippen LogP contribution >= 0.6 is 0 Å². The summed E-state index contributed by atoms with van der Waals surface area (Å²) >= 11 is 0. The van der Waals surface area contributed by atoms with Gasteiger partial charge in [0.1, 0.15) is 12.5 Å². The van der Waals surface area contributed by atoms with Crippen molar-refractivity contribution < 1.29 is 9.47 Å². The lowest BCUT2D eigenvalue weighted by Crippen LogP contribution is -2.44. The summed E-state index contributed by atoms with van der Waals surface area (Å²) in [4.78, 5) is 2.55. The lowest BCUT2D eigenvalue weighted by atomic mass is 9.84. The lowest BCUT2D eigenvalue weighted by Gasteiger charge is -2.35. The number of rotatable bonds is 15. The molecule has 2 aliphatic rings. The molecule has 2 fully saturated rings. The Labute approximate surface area is 187 Å². The van der Waals surface area contributed by atoms with Gasteiger partial charge in [-0.15, -0.1) is 0 Å². The summed E-state index contributed by atoms with van der Waals surface area (Å²) in [7, 11) is 5.99. The van der Waals surface area contributed by atoms with Crippen LogP contribution in [0.2, 0.25) is 0 Å². The van der Waals surface area contributed by atoms with Gasteiger partial charge in [0.15, 0.2) is 0 Å². The van der Waals surface area contributed by atoms with E-state index in [1.165, 1.54) is 90.1 Å². The van der Waals surface area contributed by atoms with E-state index >= 15 is 0 Å². The number of methoxy groups -OCH3 is 2. The molecule has 0 aromatic carbocycles. The summed E-state index contributed by atoms with van der Waals surface area (Å²) in [6.07, 6.45) is 17.7. The van der Waals surface area contributed by atoms with Gasteiger partial charge in [-0.25, -0.2) is 0 Å². The second-order valence-electron chi connectivity index (χ2n) is 9.90. The Hall–Kier alpha value is -0.200. The van der Waals surface area contributed by atoms with E-state index < -0.39 is 0 Å². The molecule has 0 spiro atoms. The Kier molecular flexibility index (Phi) is 13.5. The predicted molar refractivity (Wildman–Crippen MR) is 127 cm³/mol. The summed E-state index contributed by atoms with van der Waals surface area (Å²) in [5.74, 6) is 1.69. The molecule has 2 saturated carbocycles. The topological polar surface area (TPSA) is 45.8 Å². The van der Waals surface area contributed by atoms with E-state index in [4.69, 9.17) is 9.47 Å². The highest BCUT2D eigenvalue weighted by atomic mass is 16.5. The van der Waals surface area contributed by atoms with Gasteiger partial charge in [-0.3, -0.25) is 10.6 Å². The van der Waals surface area contributed by atoms with E-state index in [2.05, 4.69) is 29.5 Å². The van der Waals surface area contributed by atoms with E-state index in [1.807, 2.05) is 7.11 Å². The van der Waals surface area contributed by atoms with Crippen molar-refractivity contribution in [3.8, 4) is 0 Å². The molecule has 0 bridgehead atoms. The number of nitrogens with zero attached hydrogens (tertiary/aromatic N) is 1. The molecule has 0 aromatic rings. The van der Waals surface area contributed by atoms with E-state index in [1.54, 1.807) is 7.11 Å². The second kappa shape index (κ2) is 15.6. The fourth-order valence-electron chi connectivity index (χ4n) is 5.60. The summed E-state index contributed by atoms with van der Waals surface area (Å²) in [6.45, 7) is 5.54.